The second kappa shape index (κ2) is 6.43. The molecule has 5 nitrogen and oxygen atoms in total. The van der Waals surface area contributed by atoms with Crippen LogP contribution in [0, 0.1) is 0 Å². The van der Waals surface area contributed by atoms with Crippen LogP contribution in [0.15, 0.2) is 18.2 Å². The summed E-state index contributed by atoms with van der Waals surface area (Å²) >= 11 is 0. The number of piperazine rings is 1. The van der Waals surface area contributed by atoms with Gasteiger partial charge >= 0.3 is 6.18 Å². The summed E-state index contributed by atoms with van der Waals surface area (Å²) in [5.41, 5.74) is -0.177. The van der Waals surface area contributed by atoms with E-state index in [9.17, 15) is 22.8 Å². The van der Waals surface area contributed by atoms with Crippen molar-refractivity contribution in [2.45, 2.75) is 24.9 Å². The zero-order chi connectivity index (χ0) is 17.3. The molecule has 24 heavy (non-hydrogen) atoms. The maximum absolute atomic E-state index is 13.5. The lowest BCUT2D eigenvalue weighted by Gasteiger charge is -2.32. The minimum Gasteiger partial charge on any atom is -0.368 e. The van der Waals surface area contributed by atoms with Crippen molar-refractivity contribution >= 4 is 17.5 Å². The van der Waals surface area contributed by atoms with Crippen LogP contribution < -0.4 is 15.5 Å². The Morgan fingerprint density at radius 3 is 2.25 bits per heavy atom. The van der Waals surface area contributed by atoms with Gasteiger partial charge in [0.25, 0.3) is 0 Å². The van der Waals surface area contributed by atoms with Gasteiger partial charge in [-0.2, -0.15) is 13.2 Å². The van der Waals surface area contributed by atoms with Crippen molar-refractivity contribution in [1.29, 1.82) is 0 Å². The lowest BCUT2D eigenvalue weighted by atomic mass is 9.88. The third kappa shape index (κ3) is 3.53. The van der Waals surface area contributed by atoms with Crippen LogP contribution in [-0.4, -0.2) is 38.0 Å². The molecule has 1 aromatic carbocycles. The number of alkyl halides is 3. The van der Waals surface area contributed by atoms with E-state index in [-0.39, 0.29) is 18.5 Å². The number of carbonyl (C=O) groups excluding carboxylic acids is 2. The van der Waals surface area contributed by atoms with Gasteiger partial charge in [-0.15, -0.1) is 0 Å². The first-order chi connectivity index (χ1) is 11.3. The fraction of sp³-hybridized carbons (Fsp3) is 0.500. The van der Waals surface area contributed by atoms with E-state index in [1.807, 2.05) is 0 Å². The van der Waals surface area contributed by atoms with E-state index in [0.29, 0.717) is 31.7 Å². The van der Waals surface area contributed by atoms with E-state index in [1.54, 1.807) is 11.0 Å². The van der Waals surface area contributed by atoms with Crippen molar-refractivity contribution < 1.29 is 22.8 Å². The van der Waals surface area contributed by atoms with Crippen LogP contribution in [0.4, 0.5) is 18.9 Å². The van der Waals surface area contributed by atoms with E-state index in [0.717, 1.165) is 6.07 Å². The summed E-state index contributed by atoms with van der Waals surface area (Å²) in [6, 6.07) is 4.15. The van der Waals surface area contributed by atoms with Gasteiger partial charge in [0.05, 0.1) is 5.56 Å². The highest BCUT2D eigenvalue weighted by atomic mass is 19.4. The predicted octanol–water partition coefficient (Wildman–Crippen LogP) is 1.64. The largest absolute Gasteiger partial charge is 0.418 e. The Labute approximate surface area is 137 Å². The molecule has 1 aromatic rings. The fourth-order valence-electron chi connectivity index (χ4n) is 3.23. The molecule has 2 saturated heterocycles. The summed E-state index contributed by atoms with van der Waals surface area (Å²) in [6.45, 7) is 2.28. The van der Waals surface area contributed by atoms with E-state index in [2.05, 4.69) is 10.6 Å². The molecule has 2 aliphatic rings. The van der Waals surface area contributed by atoms with Crippen molar-refractivity contribution in [2.75, 3.05) is 31.1 Å². The Hall–Kier alpha value is -2.09. The standard InChI is InChI=1S/C16H18F3N3O2/c17-16(18,19)12-7-10(11-8-14(23)21-15(24)9-11)1-2-13(12)22-5-3-20-4-6-22/h1-2,7,11,20H,3-6,8-9H2,(H,21,23,24). The van der Waals surface area contributed by atoms with Crippen LogP contribution in [0.1, 0.15) is 29.9 Å². The third-order valence-corrected chi connectivity index (χ3v) is 4.40. The zero-order valence-electron chi connectivity index (χ0n) is 12.9. The molecule has 2 N–H and O–H groups in total. The van der Waals surface area contributed by atoms with Gasteiger partial charge in [0.2, 0.25) is 11.8 Å². The highest BCUT2D eigenvalue weighted by molar-refractivity contribution is 5.98. The molecule has 0 spiro atoms. The molecule has 0 aromatic heterocycles. The molecule has 2 amide bonds. The average Bonchev–Trinajstić information content (AvgIpc) is 2.53. The molecular formula is C16H18F3N3O2. The van der Waals surface area contributed by atoms with Crippen LogP contribution >= 0.6 is 0 Å². The summed E-state index contributed by atoms with van der Waals surface area (Å²) in [5.74, 6) is -1.41. The molecule has 0 unspecified atom stereocenters. The molecule has 0 saturated carbocycles. The Balaban J connectivity index is 1.95. The summed E-state index contributed by atoms with van der Waals surface area (Å²) < 4.78 is 40.5. The highest BCUT2D eigenvalue weighted by Gasteiger charge is 2.36. The minimum absolute atomic E-state index is 0.0238. The zero-order valence-corrected chi connectivity index (χ0v) is 12.9. The number of hydrogen-bond acceptors (Lipinski definition) is 4. The van der Waals surface area contributed by atoms with E-state index in [1.165, 1.54) is 6.07 Å². The van der Waals surface area contributed by atoms with E-state index >= 15 is 0 Å². The predicted molar refractivity (Wildman–Crippen MR) is 81.7 cm³/mol. The molecule has 3 rings (SSSR count). The number of piperidine rings is 1. The molecule has 8 heteroatoms. The van der Waals surface area contributed by atoms with Crippen molar-refractivity contribution in [3.63, 3.8) is 0 Å². The first kappa shape index (κ1) is 16.8. The summed E-state index contributed by atoms with van der Waals surface area (Å²) in [5, 5.41) is 5.28. The van der Waals surface area contributed by atoms with Gasteiger partial charge in [0.15, 0.2) is 0 Å². The number of nitrogens with zero attached hydrogens (tertiary/aromatic N) is 1. The number of imide groups is 1. The molecule has 0 radical (unpaired) electrons. The molecular weight excluding hydrogens is 323 g/mol. The molecule has 2 heterocycles. The average molecular weight is 341 g/mol. The monoisotopic (exact) mass is 341 g/mol. The molecule has 0 atom stereocenters. The summed E-state index contributed by atoms with van der Waals surface area (Å²) in [7, 11) is 0. The van der Waals surface area contributed by atoms with Gasteiger partial charge in [0.1, 0.15) is 0 Å². The number of amides is 2. The van der Waals surface area contributed by atoms with Crippen LogP contribution in [0.2, 0.25) is 0 Å². The first-order valence-electron chi connectivity index (χ1n) is 7.84. The van der Waals surface area contributed by atoms with Gasteiger partial charge < -0.3 is 10.2 Å². The van der Waals surface area contributed by atoms with Crippen molar-refractivity contribution in [3.05, 3.63) is 29.3 Å². The Kier molecular flexibility index (Phi) is 4.49. The van der Waals surface area contributed by atoms with Crippen molar-refractivity contribution in [1.82, 2.24) is 10.6 Å². The second-order valence-corrected chi connectivity index (χ2v) is 6.09. The highest BCUT2D eigenvalue weighted by Crippen LogP contribution is 2.39. The Bertz CT molecular complexity index is 638. The number of carbonyl (C=O) groups is 2. The minimum atomic E-state index is -4.49. The number of hydrogen-bond donors (Lipinski definition) is 2. The van der Waals surface area contributed by atoms with E-state index in [4.69, 9.17) is 0 Å². The lowest BCUT2D eigenvalue weighted by molar-refractivity contribution is -0.137. The number of anilines is 1. The van der Waals surface area contributed by atoms with Crippen molar-refractivity contribution in [3.8, 4) is 0 Å². The lowest BCUT2D eigenvalue weighted by Crippen LogP contribution is -2.44. The third-order valence-electron chi connectivity index (χ3n) is 4.40. The molecule has 2 fully saturated rings. The van der Waals surface area contributed by atoms with Crippen LogP contribution in [0.25, 0.3) is 0 Å². The second-order valence-electron chi connectivity index (χ2n) is 6.09. The Morgan fingerprint density at radius 2 is 1.67 bits per heavy atom. The van der Waals surface area contributed by atoms with E-state index < -0.39 is 29.5 Å². The quantitative estimate of drug-likeness (QED) is 0.803. The number of rotatable bonds is 2. The maximum atomic E-state index is 13.5. The molecule has 0 aliphatic carbocycles. The fourth-order valence-corrected chi connectivity index (χ4v) is 3.23. The molecule has 2 aliphatic heterocycles. The van der Waals surface area contributed by atoms with Crippen LogP contribution in [0.3, 0.4) is 0 Å². The van der Waals surface area contributed by atoms with Gasteiger partial charge in [-0.25, -0.2) is 0 Å². The van der Waals surface area contributed by atoms with Crippen LogP contribution in [-0.2, 0) is 15.8 Å². The number of nitrogens with one attached hydrogen (secondary N) is 2. The normalized spacial score (nSPS) is 20.2. The van der Waals surface area contributed by atoms with Gasteiger partial charge in [0, 0.05) is 50.6 Å². The smallest absolute Gasteiger partial charge is 0.368 e. The summed E-state index contributed by atoms with van der Waals surface area (Å²) in [6.07, 6.45) is -4.44. The number of benzene rings is 1. The van der Waals surface area contributed by atoms with Crippen LogP contribution in [0.5, 0.6) is 0 Å². The SMILES string of the molecule is O=C1CC(c2ccc(N3CCNCC3)c(C(F)(F)F)c2)CC(=O)N1. The maximum Gasteiger partial charge on any atom is 0.418 e. The summed E-state index contributed by atoms with van der Waals surface area (Å²) in [4.78, 5) is 24.7. The topological polar surface area (TPSA) is 61.4 Å². The number of halogens is 3. The van der Waals surface area contributed by atoms with Gasteiger partial charge in [-0.05, 0) is 17.7 Å². The van der Waals surface area contributed by atoms with Gasteiger partial charge in [-0.3, -0.25) is 14.9 Å². The molecule has 130 valence electrons. The van der Waals surface area contributed by atoms with Gasteiger partial charge in [-0.1, -0.05) is 6.07 Å². The van der Waals surface area contributed by atoms with Crippen molar-refractivity contribution in [2.24, 2.45) is 0 Å². The first-order valence-corrected chi connectivity index (χ1v) is 7.84. The molecule has 0 bridgehead atoms. The Morgan fingerprint density at radius 1 is 1.04 bits per heavy atom.